The molecule has 1 N–H and O–H groups in total. The number of aryl methyl sites for hydroxylation is 1. The Bertz CT molecular complexity index is 594. The van der Waals surface area contributed by atoms with E-state index in [2.05, 4.69) is 15.5 Å². The van der Waals surface area contributed by atoms with Crippen LogP contribution in [-0.2, 0) is 6.54 Å². The average Bonchev–Trinajstić information content (AvgIpc) is 2.84. The predicted octanol–water partition coefficient (Wildman–Crippen LogP) is 2.06. The Morgan fingerprint density at radius 1 is 1.42 bits per heavy atom. The minimum absolute atomic E-state index is 0.0377. The quantitative estimate of drug-likeness (QED) is 0.654. The van der Waals surface area contributed by atoms with Crippen molar-refractivity contribution in [1.29, 1.82) is 0 Å². The van der Waals surface area contributed by atoms with E-state index in [0.717, 1.165) is 12.1 Å². The number of nitro groups is 1. The zero-order chi connectivity index (χ0) is 13.8. The lowest BCUT2D eigenvalue weighted by Crippen LogP contribution is -2.11. The van der Waals surface area contributed by atoms with E-state index in [4.69, 9.17) is 4.42 Å². The van der Waals surface area contributed by atoms with Gasteiger partial charge in [-0.3, -0.25) is 10.1 Å². The topological polar surface area (TPSA) is 94.1 Å². The number of benzene rings is 1. The van der Waals surface area contributed by atoms with Crippen molar-refractivity contribution in [3.63, 3.8) is 0 Å². The molecule has 2 rings (SSSR count). The van der Waals surface area contributed by atoms with Crippen LogP contribution in [0.15, 0.2) is 22.6 Å². The van der Waals surface area contributed by atoms with Crippen LogP contribution in [0, 0.1) is 17.0 Å². The van der Waals surface area contributed by atoms with Gasteiger partial charge in [0, 0.05) is 6.07 Å². The fourth-order valence-electron chi connectivity index (χ4n) is 1.65. The highest BCUT2D eigenvalue weighted by molar-refractivity contribution is 5.67. The van der Waals surface area contributed by atoms with Gasteiger partial charge in [0.05, 0.1) is 11.5 Å². The molecule has 0 unspecified atom stereocenters. The molecule has 1 aromatic carbocycles. The first-order chi connectivity index (χ1) is 9.11. The number of nitrogens with zero attached hydrogens (tertiary/aromatic N) is 3. The molecular formula is C12H14N4O3. The maximum atomic E-state index is 11.0. The van der Waals surface area contributed by atoms with Gasteiger partial charge in [0.1, 0.15) is 5.56 Å². The maximum absolute atomic E-state index is 11.0. The van der Waals surface area contributed by atoms with Gasteiger partial charge in [-0.1, -0.05) is 13.0 Å². The summed E-state index contributed by atoms with van der Waals surface area (Å²) in [4.78, 5) is 10.5. The highest BCUT2D eigenvalue weighted by Gasteiger charge is 2.20. The van der Waals surface area contributed by atoms with Crippen LogP contribution in [0.5, 0.6) is 0 Å². The molecule has 2 aromatic rings. The second kappa shape index (κ2) is 5.57. The van der Waals surface area contributed by atoms with Crippen LogP contribution in [0.4, 0.5) is 5.69 Å². The van der Waals surface area contributed by atoms with Gasteiger partial charge in [-0.25, -0.2) is 0 Å². The van der Waals surface area contributed by atoms with Crippen molar-refractivity contribution in [2.75, 3.05) is 6.54 Å². The number of hydrogen-bond acceptors (Lipinski definition) is 6. The van der Waals surface area contributed by atoms with Crippen molar-refractivity contribution < 1.29 is 9.34 Å². The van der Waals surface area contributed by atoms with Crippen LogP contribution >= 0.6 is 0 Å². The Balaban J connectivity index is 2.37. The first kappa shape index (κ1) is 13.2. The standard InChI is InChI=1S/C12H14N4O3/c1-3-13-7-11-14-15-12(19-11)9-6-8(2)4-5-10(9)16(17)18/h4-6,13H,3,7H2,1-2H3. The lowest BCUT2D eigenvalue weighted by molar-refractivity contribution is -0.384. The van der Waals surface area contributed by atoms with Gasteiger partial charge < -0.3 is 9.73 Å². The maximum Gasteiger partial charge on any atom is 0.282 e. The van der Waals surface area contributed by atoms with Gasteiger partial charge in [-0.2, -0.15) is 0 Å². The summed E-state index contributed by atoms with van der Waals surface area (Å²) in [6.07, 6.45) is 0. The summed E-state index contributed by atoms with van der Waals surface area (Å²) in [7, 11) is 0. The highest BCUT2D eigenvalue weighted by atomic mass is 16.6. The Labute approximate surface area is 109 Å². The highest BCUT2D eigenvalue weighted by Crippen LogP contribution is 2.29. The molecule has 0 aliphatic rings. The summed E-state index contributed by atoms with van der Waals surface area (Å²) in [5.41, 5.74) is 1.21. The number of nitrogens with one attached hydrogen (secondary N) is 1. The minimum Gasteiger partial charge on any atom is -0.419 e. The molecule has 0 saturated carbocycles. The van der Waals surface area contributed by atoms with Gasteiger partial charge >= 0.3 is 0 Å². The summed E-state index contributed by atoms with van der Waals surface area (Å²) in [5.74, 6) is 0.580. The Kier molecular flexibility index (Phi) is 3.86. The van der Waals surface area contributed by atoms with Crippen LogP contribution in [0.2, 0.25) is 0 Å². The first-order valence-electron chi connectivity index (χ1n) is 5.90. The minimum atomic E-state index is -0.455. The molecule has 1 heterocycles. The largest absolute Gasteiger partial charge is 0.419 e. The SMILES string of the molecule is CCNCc1nnc(-c2cc(C)ccc2[N+](=O)[O-])o1. The van der Waals surface area contributed by atoms with Crippen LogP contribution in [0.1, 0.15) is 18.4 Å². The van der Waals surface area contributed by atoms with Crippen molar-refractivity contribution in [2.45, 2.75) is 20.4 Å². The van der Waals surface area contributed by atoms with Gasteiger partial charge in [0.25, 0.3) is 11.6 Å². The van der Waals surface area contributed by atoms with E-state index in [1.54, 1.807) is 12.1 Å². The Hall–Kier alpha value is -2.28. The van der Waals surface area contributed by atoms with E-state index < -0.39 is 4.92 Å². The second-order valence-electron chi connectivity index (χ2n) is 4.06. The lowest BCUT2D eigenvalue weighted by Gasteiger charge is -1.99. The zero-order valence-corrected chi connectivity index (χ0v) is 10.7. The number of aromatic nitrogens is 2. The van der Waals surface area contributed by atoms with Gasteiger partial charge in [0.15, 0.2) is 0 Å². The fraction of sp³-hybridized carbons (Fsp3) is 0.333. The second-order valence-corrected chi connectivity index (χ2v) is 4.06. The van der Waals surface area contributed by atoms with Crippen molar-refractivity contribution >= 4 is 5.69 Å². The smallest absolute Gasteiger partial charge is 0.282 e. The van der Waals surface area contributed by atoms with Gasteiger partial charge in [0.2, 0.25) is 5.89 Å². The van der Waals surface area contributed by atoms with Crippen LogP contribution in [-0.4, -0.2) is 21.7 Å². The fourth-order valence-corrected chi connectivity index (χ4v) is 1.65. The summed E-state index contributed by atoms with van der Waals surface area (Å²) in [5, 5.41) is 21.8. The molecule has 100 valence electrons. The predicted molar refractivity (Wildman–Crippen MR) is 68.5 cm³/mol. The number of rotatable bonds is 5. The molecule has 0 atom stereocenters. The molecule has 0 saturated heterocycles. The molecular weight excluding hydrogens is 248 g/mol. The molecule has 7 heteroatoms. The Morgan fingerprint density at radius 3 is 2.89 bits per heavy atom. The average molecular weight is 262 g/mol. The van der Waals surface area contributed by atoms with E-state index in [0.29, 0.717) is 18.0 Å². The van der Waals surface area contributed by atoms with Crippen molar-refractivity contribution in [3.8, 4) is 11.5 Å². The van der Waals surface area contributed by atoms with Crippen LogP contribution < -0.4 is 5.32 Å². The van der Waals surface area contributed by atoms with Crippen LogP contribution in [0.3, 0.4) is 0 Å². The molecule has 0 spiro atoms. The number of hydrogen-bond donors (Lipinski definition) is 1. The van der Waals surface area contributed by atoms with E-state index in [-0.39, 0.29) is 11.6 Å². The molecule has 0 fully saturated rings. The van der Waals surface area contributed by atoms with Crippen molar-refractivity contribution in [1.82, 2.24) is 15.5 Å². The van der Waals surface area contributed by atoms with Crippen molar-refractivity contribution in [2.24, 2.45) is 0 Å². The molecule has 0 radical (unpaired) electrons. The molecule has 0 aliphatic carbocycles. The molecule has 0 amide bonds. The lowest BCUT2D eigenvalue weighted by atomic mass is 10.1. The van der Waals surface area contributed by atoms with E-state index in [9.17, 15) is 10.1 Å². The van der Waals surface area contributed by atoms with E-state index >= 15 is 0 Å². The summed E-state index contributed by atoms with van der Waals surface area (Å²) >= 11 is 0. The molecule has 19 heavy (non-hydrogen) atoms. The molecule has 1 aromatic heterocycles. The third-order valence-electron chi connectivity index (χ3n) is 2.57. The first-order valence-corrected chi connectivity index (χ1v) is 5.90. The summed E-state index contributed by atoms with van der Waals surface area (Å²) < 4.78 is 5.43. The van der Waals surface area contributed by atoms with Crippen molar-refractivity contribution in [3.05, 3.63) is 39.8 Å². The molecule has 0 aliphatic heterocycles. The zero-order valence-electron chi connectivity index (χ0n) is 10.7. The van der Waals surface area contributed by atoms with E-state index in [1.165, 1.54) is 6.07 Å². The monoisotopic (exact) mass is 262 g/mol. The van der Waals surface area contributed by atoms with E-state index in [1.807, 2.05) is 13.8 Å². The summed E-state index contributed by atoms with van der Waals surface area (Å²) in [6, 6.07) is 4.79. The third kappa shape index (κ3) is 2.94. The molecule has 7 nitrogen and oxygen atoms in total. The number of nitro benzene ring substituents is 1. The van der Waals surface area contributed by atoms with Crippen LogP contribution in [0.25, 0.3) is 11.5 Å². The van der Waals surface area contributed by atoms with Gasteiger partial charge in [-0.05, 0) is 25.1 Å². The van der Waals surface area contributed by atoms with Gasteiger partial charge in [-0.15, -0.1) is 10.2 Å². The summed E-state index contributed by atoms with van der Waals surface area (Å²) in [6.45, 7) is 5.04. The normalized spacial score (nSPS) is 10.6. The third-order valence-corrected chi connectivity index (χ3v) is 2.57. The molecule has 0 bridgehead atoms. The Morgan fingerprint density at radius 2 is 2.21 bits per heavy atom.